The van der Waals surface area contributed by atoms with Crippen molar-refractivity contribution >= 4 is 0 Å². The molecule has 3 atom stereocenters. The maximum Gasteiger partial charge on any atom is 0.200 e. The molecule has 1 saturated carbocycles. The summed E-state index contributed by atoms with van der Waals surface area (Å²) < 4.78 is 22.1. The van der Waals surface area contributed by atoms with Crippen LogP contribution >= 0.6 is 0 Å². The molecule has 0 radical (unpaired) electrons. The van der Waals surface area contributed by atoms with E-state index in [0.29, 0.717) is 42.9 Å². The van der Waals surface area contributed by atoms with Crippen molar-refractivity contribution in [2.24, 2.45) is 5.92 Å². The van der Waals surface area contributed by atoms with E-state index in [2.05, 4.69) is 0 Å². The topological polar surface area (TPSA) is 138 Å². The minimum Gasteiger partial charge on any atom is -0.504 e. The quantitative estimate of drug-likeness (QED) is 0.204. The molecule has 0 heterocycles. The summed E-state index contributed by atoms with van der Waals surface area (Å²) in [5, 5.41) is 50.6. The lowest BCUT2D eigenvalue weighted by Gasteiger charge is -2.28. The van der Waals surface area contributed by atoms with Gasteiger partial charge in [0.2, 0.25) is 5.75 Å². The first kappa shape index (κ1) is 29.8. The normalized spacial score (nSPS) is 16.2. The Labute approximate surface area is 224 Å². The van der Waals surface area contributed by atoms with Gasteiger partial charge in [0.15, 0.2) is 23.0 Å². The summed E-state index contributed by atoms with van der Waals surface area (Å²) in [6, 6.07) is 8.68. The number of aromatic hydroxyl groups is 2. The van der Waals surface area contributed by atoms with Gasteiger partial charge in [-0.25, -0.2) is 0 Å². The molecule has 0 spiro atoms. The number of aliphatic hydroxyl groups excluding tert-OH is 3. The van der Waals surface area contributed by atoms with E-state index in [1.165, 1.54) is 14.2 Å². The summed E-state index contributed by atoms with van der Waals surface area (Å²) in [5.74, 6) is 0.886. The number of ether oxygens (including phenoxy) is 4. The lowest BCUT2D eigenvalue weighted by molar-refractivity contribution is -0.0921. The van der Waals surface area contributed by atoms with Crippen molar-refractivity contribution in [1.29, 1.82) is 0 Å². The van der Waals surface area contributed by atoms with E-state index < -0.39 is 19.0 Å². The average Bonchev–Trinajstić information content (AvgIpc) is 3.42. The van der Waals surface area contributed by atoms with Crippen LogP contribution in [-0.2, 0) is 17.6 Å². The molecule has 9 nitrogen and oxygen atoms in total. The van der Waals surface area contributed by atoms with Gasteiger partial charge in [-0.1, -0.05) is 6.07 Å². The van der Waals surface area contributed by atoms with Crippen LogP contribution in [0.3, 0.4) is 0 Å². The smallest absolute Gasteiger partial charge is 0.200 e. The molecule has 0 bridgehead atoms. The lowest BCUT2D eigenvalue weighted by atomic mass is 9.87. The molecule has 1 fully saturated rings. The summed E-state index contributed by atoms with van der Waals surface area (Å²) >= 11 is 0. The molecule has 3 rings (SSSR count). The molecular weight excluding hydrogens is 492 g/mol. The van der Waals surface area contributed by atoms with E-state index in [1.807, 2.05) is 12.1 Å². The Bertz CT molecular complexity index is 965. The third-order valence-corrected chi connectivity index (χ3v) is 7.24. The number of aliphatic hydroxyl groups is 3. The Morgan fingerprint density at radius 3 is 2.16 bits per heavy atom. The summed E-state index contributed by atoms with van der Waals surface area (Å²) in [6.45, 7) is -0.569. The van der Waals surface area contributed by atoms with Crippen molar-refractivity contribution in [3.63, 3.8) is 0 Å². The number of phenols is 2. The van der Waals surface area contributed by atoms with Gasteiger partial charge in [0.05, 0.1) is 32.5 Å². The van der Waals surface area contributed by atoms with Gasteiger partial charge >= 0.3 is 0 Å². The molecular formula is C29H42O9. The monoisotopic (exact) mass is 534 g/mol. The van der Waals surface area contributed by atoms with Gasteiger partial charge < -0.3 is 44.5 Å². The molecule has 3 unspecified atom stereocenters. The molecule has 0 aromatic heterocycles. The van der Waals surface area contributed by atoms with Crippen molar-refractivity contribution < 1.29 is 44.5 Å². The Hall–Kier alpha value is -2.72. The number of phenolic OH excluding ortho intramolecular Hbond substituents is 2. The number of aryl methyl sites for hydroxylation is 1. The third kappa shape index (κ3) is 8.39. The number of hydrogen-bond acceptors (Lipinski definition) is 9. The molecule has 212 valence electrons. The van der Waals surface area contributed by atoms with Crippen molar-refractivity contribution in [2.45, 2.75) is 76.1 Å². The third-order valence-electron chi connectivity index (χ3n) is 7.24. The fourth-order valence-electron chi connectivity index (χ4n) is 5.16. The zero-order chi connectivity index (χ0) is 27.5. The molecule has 2 aromatic rings. The van der Waals surface area contributed by atoms with E-state index in [0.717, 1.165) is 36.8 Å². The Morgan fingerprint density at radius 1 is 0.895 bits per heavy atom. The highest BCUT2D eigenvalue weighted by atomic mass is 16.6. The van der Waals surface area contributed by atoms with Gasteiger partial charge in [0, 0.05) is 6.61 Å². The van der Waals surface area contributed by atoms with Crippen molar-refractivity contribution in [2.75, 3.05) is 27.6 Å². The summed E-state index contributed by atoms with van der Waals surface area (Å²) in [5.41, 5.74) is 1.75. The van der Waals surface area contributed by atoms with Crippen LogP contribution in [-0.4, -0.2) is 71.5 Å². The summed E-state index contributed by atoms with van der Waals surface area (Å²) in [6.07, 6.45) is 5.19. The second-order valence-corrected chi connectivity index (χ2v) is 9.91. The predicted octanol–water partition coefficient (Wildman–Crippen LogP) is 3.70. The second kappa shape index (κ2) is 15.0. The minimum absolute atomic E-state index is 0.0668. The van der Waals surface area contributed by atoms with Gasteiger partial charge in [-0.3, -0.25) is 0 Å². The van der Waals surface area contributed by atoms with Crippen LogP contribution in [0.5, 0.6) is 28.7 Å². The summed E-state index contributed by atoms with van der Waals surface area (Å²) in [7, 11) is 2.92. The molecule has 5 N–H and O–H groups in total. The Balaban J connectivity index is 1.66. The molecule has 38 heavy (non-hydrogen) atoms. The lowest BCUT2D eigenvalue weighted by Crippen LogP contribution is -2.31. The minimum atomic E-state index is -0.736. The fourth-order valence-corrected chi connectivity index (χ4v) is 5.16. The van der Waals surface area contributed by atoms with Gasteiger partial charge in [0.25, 0.3) is 0 Å². The highest BCUT2D eigenvalue weighted by molar-refractivity contribution is 5.52. The first-order chi connectivity index (χ1) is 18.4. The number of methoxy groups -OCH3 is 2. The maximum atomic E-state index is 10.8. The predicted molar refractivity (Wildman–Crippen MR) is 142 cm³/mol. The van der Waals surface area contributed by atoms with Crippen LogP contribution in [0.15, 0.2) is 30.3 Å². The Morgan fingerprint density at radius 2 is 1.55 bits per heavy atom. The van der Waals surface area contributed by atoms with E-state index in [9.17, 15) is 25.5 Å². The summed E-state index contributed by atoms with van der Waals surface area (Å²) in [4.78, 5) is 0. The van der Waals surface area contributed by atoms with Crippen LogP contribution in [0.25, 0.3) is 0 Å². The first-order valence-electron chi connectivity index (χ1n) is 13.3. The molecule has 0 amide bonds. The molecule has 1 aliphatic carbocycles. The highest BCUT2D eigenvalue weighted by Crippen LogP contribution is 2.38. The number of rotatable bonds is 16. The van der Waals surface area contributed by atoms with Crippen molar-refractivity contribution in [1.82, 2.24) is 0 Å². The van der Waals surface area contributed by atoms with Gasteiger partial charge in [-0.2, -0.15) is 0 Å². The molecule has 0 aliphatic heterocycles. The van der Waals surface area contributed by atoms with Crippen LogP contribution < -0.4 is 14.2 Å². The zero-order valence-electron chi connectivity index (χ0n) is 22.3. The van der Waals surface area contributed by atoms with E-state index in [4.69, 9.17) is 18.9 Å². The first-order valence-corrected chi connectivity index (χ1v) is 13.3. The van der Waals surface area contributed by atoms with E-state index in [1.54, 1.807) is 18.2 Å². The largest absolute Gasteiger partial charge is 0.504 e. The van der Waals surface area contributed by atoms with E-state index in [-0.39, 0.29) is 36.5 Å². The van der Waals surface area contributed by atoms with Crippen molar-refractivity contribution in [3.05, 3.63) is 41.5 Å². The van der Waals surface area contributed by atoms with Gasteiger partial charge in [-0.05, 0) is 99.1 Å². The SMILES string of the molecule is COc1cc(CCC(O)CC(OCO)C(CCO)Cc2ccc(O)c(OC3CCCC3)c2)cc(OC)c1O. The molecule has 0 saturated heterocycles. The molecule has 9 heteroatoms. The molecule has 1 aliphatic rings. The van der Waals surface area contributed by atoms with Crippen LogP contribution in [0.4, 0.5) is 0 Å². The maximum absolute atomic E-state index is 10.8. The average molecular weight is 535 g/mol. The number of benzene rings is 2. The highest BCUT2D eigenvalue weighted by Gasteiger charge is 2.26. The van der Waals surface area contributed by atoms with Gasteiger partial charge in [-0.15, -0.1) is 0 Å². The van der Waals surface area contributed by atoms with E-state index >= 15 is 0 Å². The van der Waals surface area contributed by atoms with Crippen LogP contribution in [0.2, 0.25) is 0 Å². The van der Waals surface area contributed by atoms with Crippen LogP contribution in [0.1, 0.15) is 56.1 Å². The number of hydrogen-bond donors (Lipinski definition) is 5. The fraction of sp³-hybridized carbons (Fsp3) is 0.586. The second-order valence-electron chi connectivity index (χ2n) is 9.91. The van der Waals surface area contributed by atoms with Crippen molar-refractivity contribution in [3.8, 4) is 28.7 Å². The van der Waals surface area contributed by atoms with Crippen LogP contribution in [0, 0.1) is 5.92 Å². The van der Waals surface area contributed by atoms with Gasteiger partial charge in [0.1, 0.15) is 6.79 Å². The Kier molecular flexibility index (Phi) is 11.8. The standard InChI is InChI=1S/C29H42O9/c1-35-27-15-20(16-28(36-2)29(27)34)7-9-22(32)17-25(37-18-31)21(11-12-30)13-19-8-10-24(33)26(14-19)38-23-5-3-4-6-23/h8,10,14-16,21-23,25,30-34H,3-7,9,11-13,17-18H2,1-2H3. The molecule has 2 aromatic carbocycles. The zero-order valence-corrected chi connectivity index (χ0v) is 22.3.